The van der Waals surface area contributed by atoms with Crippen LogP contribution in [0.4, 0.5) is 0 Å². The van der Waals surface area contributed by atoms with Gasteiger partial charge in [-0.25, -0.2) is 4.98 Å². The minimum Gasteiger partial charge on any atom is -0.300 e. The van der Waals surface area contributed by atoms with Gasteiger partial charge in [0.15, 0.2) is 0 Å². The molecule has 3 aromatic rings. The molecule has 0 aromatic carbocycles. The van der Waals surface area contributed by atoms with Crippen molar-refractivity contribution in [3.05, 3.63) is 54.0 Å². The number of nitrogens with zero attached hydrogens (tertiary/aromatic N) is 3. The molecule has 0 amide bonds. The van der Waals surface area contributed by atoms with E-state index < -0.39 is 0 Å². The summed E-state index contributed by atoms with van der Waals surface area (Å²) in [5.74, 6) is 2.63. The monoisotopic (exact) mass is 335 g/mol. The molecule has 0 saturated heterocycles. The Balaban J connectivity index is 2.02. The van der Waals surface area contributed by atoms with Gasteiger partial charge in [-0.1, -0.05) is 34.6 Å². The van der Waals surface area contributed by atoms with Crippen LogP contribution >= 0.6 is 0 Å². The summed E-state index contributed by atoms with van der Waals surface area (Å²) in [7, 11) is 0. The average Bonchev–Trinajstić information content (AvgIpc) is 3.04. The normalized spacial score (nSPS) is 14.2. The molecule has 3 nitrogen and oxygen atoms in total. The Morgan fingerprint density at radius 3 is 2.48 bits per heavy atom. The van der Waals surface area contributed by atoms with E-state index >= 15 is 0 Å². The number of pyridine rings is 2. The van der Waals surface area contributed by atoms with Crippen LogP contribution in [0.25, 0.3) is 16.9 Å². The number of hydrogen-bond acceptors (Lipinski definition) is 2. The molecule has 3 heterocycles. The molecular weight excluding hydrogens is 306 g/mol. The van der Waals surface area contributed by atoms with Gasteiger partial charge in [0.2, 0.25) is 0 Å². The highest BCUT2D eigenvalue weighted by Gasteiger charge is 2.16. The van der Waals surface area contributed by atoms with Crippen molar-refractivity contribution in [3.8, 4) is 5.82 Å². The lowest BCUT2D eigenvalue weighted by Crippen LogP contribution is -2.07. The molecule has 3 rings (SSSR count). The van der Waals surface area contributed by atoms with Crippen LogP contribution in [0.15, 0.2) is 42.7 Å². The van der Waals surface area contributed by atoms with Gasteiger partial charge in [0.1, 0.15) is 5.82 Å². The fraction of sp³-hybridized carbons (Fsp3) is 0.455. The molecular formula is C22H29N3. The van der Waals surface area contributed by atoms with Crippen LogP contribution in [0.1, 0.15) is 70.6 Å². The van der Waals surface area contributed by atoms with Gasteiger partial charge in [-0.2, -0.15) is 0 Å². The third-order valence-corrected chi connectivity index (χ3v) is 5.39. The van der Waals surface area contributed by atoms with Gasteiger partial charge >= 0.3 is 0 Å². The van der Waals surface area contributed by atoms with Crippen LogP contribution in [-0.4, -0.2) is 14.5 Å². The highest BCUT2D eigenvalue weighted by Crippen LogP contribution is 2.29. The Morgan fingerprint density at radius 1 is 1.00 bits per heavy atom. The molecule has 2 unspecified atom stereocenters. The minimum atomic E-state index is 0.514. The predicted octanol–water partition coefficient (Wildman–Crippen LogP) is 6.08. The summed E-state index contributed by atoms with van der Waals surface area (Å²) in [4.78, 5) is 9.52. The molecule has 0 N–H and O–H groups in total. The van der Waals surface area contributed by atoms with Crippen LogP contribution < -0.4 is 0 Å². The zero-order valence-electron chi connectivity index (χ0n) is 16.0. The lowest BCUT2D eigenvalue weighted by molar-refractivity contribution is 0.476. The minimum absolute atomic E-state index is 0.514. The van der Waals surface area contributed by atoms with Gasteiger partial charge < -0.3 is 0 Å². The van der Waals surface area contributed by atoms with E-state index in [1.807, 2.05) is 6.20 Å². The van der Waals surface area contributed by atoms with Gasteiger partial charge in [0, 0.05) is 24.0 Å². The molecule has 132 valence electrons. The fourth-order valence-corrected chi connectivity index (χ4v) is 3.57. The van der Waals surface area contributed by atoms with Crippen molar-refractivity contribution >= 4 is 11.0 Å². The second kappa shape index (κ2) is 7.38. The smallest absolute Gasteiger partial charge is 0.137 e. The van der Waals surface area contributed by atoms with E-state index in [9.17, 15) is 0 Å². The van der Waals surface area contributed by atoms with E-state index in [-0.39, 0.29) is 0 Å². The van der Waals surface area contributed by atoms with Crippen molar-refractivity contribution in [2.24, 2.45) is 5.92 Å². The van der Waals surface area contributed by atoms with E-state index in [1.165, 1.54) is 11.3 Å². The molecule has 0 aliphatic rings. The molecule has 3 heteroatoms. The summed E-state index contributed by atoms with van der Waals surface area (Å²) in [5, 5.41) is 0. The summed E-state index contributed by atoms with van der Waals surface area (Å²) in [5.41, 5.74) is 4.71. The first-order valence-electron chi connectivity index (χ1n) is 9.49. The third kappa shape index (κ3) is 3.46. The highest BCUT2D eigenvalue weighted by molar-refractivity contribution is 5.77. The molecule has 3 aromatic heterocycles. The summed E-state index contributed by atoms with van der Waals surface area (Å²) < 4.78 is 2.15. The molecule has 0 saturated carbocycles. The lowest BCUT2D eigenvalue weighted by Gasteiger charge is -2.18. The Kier molecular flexibility index (Phi) is 5.22. The molecule has 0 aliphatic heterocycles. The van der Waals surface area contributed by atoms with Gasteiger partial charge in [0.25, 0.3) is 0 Å². The van der Waals surface area contributed by atoms with E-state index in [0.717, 1.165) is 29.7 Å². The molecule has 0 aliphatic carbocycles. The molecule has 25 heavy (non-hydrogen) atoms. The second-order valence-electron chi connectivity index (χ2n) is 7.34. The average molecular weight is 335 g/mol. The molecule has 0 bridgehead atoms. The Bertz CT molecular complexity index is 847. The first-order chi connectivity index (χ1) is 12.0. The van der Waals surface area contributed by atoms with Gasteiger partial charge in [0.05, 0.1) is 11.0 Å². The van der Waals surface area contributed by atoms with Crippen molar-refractivity contribution in [2.75, 3.05) is 0 Å². The van der Waals surface area contributed by atoms with Crippen molar-refractivity contribution < 1.29 is 0 Å². The van der Waals surface area contributed by atoms with Gasteiger partial charge in [-0.05, 0) is 60.6 Å². The summed E-state index contributed by atoms with van der Waals surface area (Å²) in [6.45, 7) is 11.3. The number of aromatic nitrogens is 3. The zero-order valence-corrected chi connectivity index (χ0v) is 16.0. The maximum atomic E-state index is 4.94. The zero-order chi connectivity index (χ0) is 18.0. The summed E-state index contributed by atoms with van der Waals surface area (Å²) in [6.07, 6.45) is 6.25. The van der Waals surface area contributed by atoms with E-state index in [1.54, 1.807) is 0 Å². The first-order valence-corrected chi connectivity index (χ1v) is 9.49. The quantitative estimate of drug-likeness (QED) is 0.546. The Hall–Kier alpha value is -2.16. The number of rotatable bonds is 6. The van der Waals surface area contributed by atoms with Gasteiger partial charge in [-0.15, -0.1) is 0 Å². The maximum Gasteiger partial charge on any atom is 0.137 e. The van der Waals surface area contributed by atoms with Crippen LogP contribution in [-0.2, 0) is 0 Å². The van der Waals surface area contributed by atoms with Crippen molar-refractivity contribution in [2.45, 2.75) is 59.3 Å². The van der Waals surface area contributed by atoms with Crippen LogP contribution in [0.5, 0.6) is 0 Å². The summed E-state index contributed by atoms with van der Waals surface area (Å²) in [6, 6.07) is 10.8. The standard InChI is InChI=1S/C22H29N3/c1-6-16(5)17-10-12-23-22(14-17)25-13-11-20-21(25)9-8-19(24-20)18(7-2)15(3)4/h8-16,18H,6-7H2,1-5H3. The van der Waals surface area contributed by atoms with Crippen LogP contribution in [0.3, 0.4) is 0 Å². The van der Waals surface area contributed by atoms with E-state index in [2.05, 4.69) is 80.7 Å². The molecule has 0 fully saturated rings. The maximum absolute atomic E-state index is 4.94. The molecule has 2 atom stereocenters. The predicted molar refractivity (Wildman–Crippen MR) is 105 cm³/mol. The van der Waals surface area contributed by atoms with Gasteiger partial charge in [-0.3, -0.25) is 9.55 Å². The number of hydrogen-bond donors (Lipinski definition) is 0. The fourth-order valence-electron chi connectivity index (χ4n) is 3.57. The topological polar surface area (TPSA) is 30.7 Å². The summed E-state index contributed by atoms with van der Waals surface area (Å²) >= 11 is 0. The second-order valence-corrected chi connectivity index (χ2v) is 7.34. The van der Waals surface area contributed by atoms with E-state index in [0.29, 0.717) is 17.8 Å². The van der Waals surface area contributed by atoms with Crippen LogP contribution in [0.2, 0.25) is 0 Å². The van der Waals surface area contributed by atoms with Crippen molar-refractivity contribution in [1.29, 1.82) is 0 Å². The number of fused-ring (bicyclic) bond motifs is 1. The Labute approximate surface area is 151 Å². The lowest BCUT2D eigenvalue weighted by atomic mass is 9.90. The largest absolute Gasteiger partial charge is 0.300 e. The third-order valence-electron chi connectivity index (χ3n) is 5.39. The highest BCUT2D eigenvalue weighted by atomic mass is 15.1. The van der Waals surface area contributed by atoms with Crippen molar-refractivity contribution in [1.82, 2.24) is 14.5 Å². The SMILES string of the molecule is CCC(C)c1ccnc(-n2ccc3nc(C(CC)C(C)C)ccc32)c1. The molecule has 0 spiro atoms. The van der Waals surface area contributed by atoms with Crippen molar-refractivity contribution in [3.63, 3.8) is 0 Å². The molecule has 0 radical (unpaired) electrons. The van der Waals surface area contributed by atoms with E-state index in [4.69, 9.17) is 4.98 Å². The Morgan fingerprint density at radius 2 is 1.80 bits per heavy atom. The van der Waals surface area contributed by atoms with Crippen LogP contribution in [0, 0.1) is 5.92 Å². The first kappa shape index (κ1) is 17.7.